The van der Waals surface area contributed by atoms with Crippen LogP contribution in [-0.4, -0.2) is 52.8 Å². The Hall–Kier alpha value is -1.76. The molecule has 5 nitrogen and oxygen atoms in total. The van der Waals surface area contributed by atoms with Crippen LogP contribution in [0.25, 0.3) is 0 Å². The van der Waals surface area contributed by atoms with E-state index in [1.54, 1.807) is 41.0 Å². The highest BCUT2D eigenvalue weighted by Gasteiger charge is 2.22. The molecule has 8 heteroatoms. The molecule has 0 radical (unpaired) electrons. The summed E-state index contributed by atoms with van der Waals surface area (Å²) < 4.78 is 0. The zero-order valence-electron chi connectivity index (χ0n) is 15.5. The predicted octanol–water partition coefficient (Wildman–Crippen LogP) is 4.38. The number of carbonyl (C=O) groups is 2. The molecule has 1 saturated heterocycles. The maximum Gasteiger partial charge on any atom is 0.272 e. The van der Waals surface area contributed by atoms with Gasteiger partial charge < -0.3 is 9.80 Å². The molecule has 28 heavy (non-hydrogen) atoms. The van der Waals surface area contributed by atoms with Crippen LogP contribution in [0.2, 0.25) is 10.0 Å². The molecule has 1 aromatic carbocycles. The fourth-order valence-corrected chi connectivity index (χ4v) is 4.63. The van der Waals surface area contributed by atoms with E-state index in [0.717, 1.165) is 17.0 Å². The maximum absolute atomic E-state index is 12.9. The Balaban J connectivity index is 1.67. The minimum absolute atomic E-state index is 0.0460. The Kier molecular flexibility index (Phi) is 7.21. The van der Waals surface area contributed by atoms with Crippen molar-refractivity contribution in [3.05, 3.63) is 57.8 Å². The lowest BCUT2D eigenvalue weighted by atomic mass is 10.2. The van der Waals surface area contributed by atoms with Crippen molar-refractivity contribution in [2.45, 2.75) is 24.0 Å². The quantitative estimate of drug-likeness (QED) is 0.666. The summed E-state index contributed by atoms with van der Waals surface area (Å²) in [5.41, 5.74) is 1.20. The third-order valence-electron chi connectivity index (χ3n) is 4.54. The summed E-state index contributed by atoms with van der Waals surface area (Å²) in [6, 6.07) is 10.9. The van der Waals surface area contributed by atoms with E-state index in [2.05, 4.69) is 4.98 Å². The van der Waals surface area contributed by atoms with Gasteiger partial charge >= 0.3 is 0 Å². The molecular weight excluding hydrogens is 417 g/mol. The topological polar surface area (TPSA) is 53.5 Å². The SMILES string of the molecule is CC(=O)N1CCCN(C(=O)c2cccc(CSc3c(Cl)cccc3Cl)n2)CC1. The van der Waals surface area contributed by atoms with Gasteiger partial charge in [-0.25, -0.2) is 4.98 Å². The number of nitrogens with zero attached hydrogens (tertiary/aromatic N) is 3. The van der Waals surface area contributed by atoms with E-state index < -0.39 is 0 Å². The first-order chi connectivity index (χ1) is 13.5. The van der Waals surface area contributed by atoms with Crippen LogP contribution in [0.3, 0.4) is 0 Å². The van der Waals surface area contributed by atoms with Crippen molar-refractivity contribution in [2.75, 3.05) is 26.2 Å². The van der Waals surface area contributed by atoms with Crippen molar-refractivity contribution >= 4 is 46.8 Å². The molecule has 1 aliphatic heterocycles. The molecule has 0 N–H and O–H groups in total. The molecule has 2 heterocycles. The lowest BCUT2D eigenvalue weighted by molar-refractivity contribution is -0.128. The molecule has 3 rings (SSSR count). The van der Waals surface area contributed by atoms with Crippen LogP contribution in [0.5, 0.6) is 0 Å². The molecule has 2 amide bonds. The number of rotatable bonds is 4. The van der Waals surface area contributed by atoms with Crippen LogP contribution in [0.1, 0.15) is 29.5 Å². The molecule has 1 fully saturated rings. The molecule has 0 saturated carbocycles. The fraction of sp³-hybridized carbons (Fsp3) is 0.350. The van der Waals surface area contributed by atoms with Gasteiger partial charge in [0.05, 0.1) is 15.7 Å². The molecule has 2 aromatic rings. The summed E-state index contributed by atoms with van der Waals surface area (Å²) in [6.45, 7) is 3.95. The average molecular weight is 438 g/mol. The molecule has 148 valence electrons. The number of carbonyl (C=O) groups excluding carboxylic acids is 2. The van der Waals surface area contributed by atoms with Gasteiger partial charge in [-0.1, -0.05) is 35.3 Å². The summed E-state index contributed by atoms with van der Waals surface area (Å²) >= 11 is 13.9. The lowest BCUT2D eigenvalue weighted by Crippen LogP contribution is -2.36. The second kappa shape index (κ2) is 9.63. The average Bonchev–Trinajstić information content (AvgIpc) is 2.94. The lowest BCUT2D eigenvalue weighted by Gasteiger charge is -2.21. The van der Waals surface area contributed by atoms with Gasteiger partial charge in [-0.2, -0.15) is 0 Å². The molecule has 1 aliphatic rings. The van der Waals surface area contributed by atoms with Gasteiger partial charge in [0, 0.05) is 43.8 Å². The van der Waals surface area contributed by atoms with E-state index in [9.17, 15) is 9.59 Å². The highest BCUT2D eigenvalue weighted by molar-refractivity contribution is 7.98. The Morgan fingerprint density at radius 3 is 2.36 bits per heavy atom. The van der Waals surface area contributed by atoms with Crippen molar-refractivity contribution < 1.29 is 9.59 Å². The maximum atomic E-state index is 12.9. The van der Waals surface area contributed by atoms with Crippen molar-refractivity contribution in [3.8, 4) is 0 Å². The largest absolute Gasteiger partial charge is 0.341 e. The molecule has 1 aromatic heterocycles. The first kappa shape index (κ1) is 21.0. The van der Waals surface area contributed by atoms with Gasteiger partial charge in [-0.15, -0.1) is 11.8 Å². The molecular formula is C20H21Cl2N3O2S. The number of hydrogen-bond acceptors (Lipinski definition) is 4. The number of aromatic nitrogens is 1. The Bertz CT molecular complexity index is 858. The van der Waals surface area contributed by atoms with E-state index in [0.29, 0.717) is 47.7 Å². The summed E-state index contributed by atoms with van der Waals surface area (Å²) in [5, 5.41) is 1.20. The van der Waals surface area contributed by atoms with E-state index in [1.807, 2.05) is 12.1 Å². The number of benzene rings is 1. The number of thioether (sulfide) groups is 1. The number of hydrogen-bond donors (Lipinski definition) is 0. The van der Waals surface area contributed by atoms with Gasteiger partial charge in [0.1, 0.15) is 5.69 Å². The van der Waals surface area contributed by atoms with Crippen LogP contribution in [0.15, 0.2) is 41.3 Å². The summed E-state index contributed by atoms with van der Waals surface area (Å²) in [7, 11) is 0. The van der Waals surface area contributed by atoms with Crippen molar-refractivity contribution in [3.63, 3.8) is 0 Å². The zero-order valence-corrected chi connectivity index (χ0v) is 17.9. The summed E-state index contributed by atoms with van der Waals surface area (Å²) in [5.74, 6) is 0.501. The van der Waals surface area contributed by atoms with Crippen molar-refractivity contribution in [1.82, 2.24) is 14.8 Å². The number of pyridine rings is 1. The third-order valence-corrected chi connectivity index (χ3v) is 6.56. The van der Waals surface area contributed by atoms with Crippen molar-refractivity contribution in [2.24, 2.45) is 0 Å². The Labute approximate surface area is 179 Å². The third kappa shape index (κ3) is 5.19. The minimum atomic E-state index is -0.104. The summed E-state index contributed by atoms with van der Waals surface area (Å²) in [4.78, 5) is 33.3. The molecule has 0 aliphatic carbocycles. The first-order valence-electron chi connectivity index (χ1n) is 9.03. The van der Waals surface area contributed by atoms with Gasteiger partial charge in [0.25, 0.3) is 5.91 Å². The normalized spacial score (nSPS) is 14.7. The van der Waals surface area contributed by atoms with Crippen molar-refractivity contribution in [1.29, 1.82) is 0 Å². The van der Waals surface area contributed by atoms with Gasteiger partial charge in [-0.3, -0.25) is 9.59 Å². The minimum Gasteiger partial charge on any atom is -0.341 e. The Morgan fingerprint density at radius 2 is 1.64 bits per heavy atom. The second-order valence-electron chi connectivity index (χ2n) is 6.51. The van der Waals surface area contributed by atoms with E-state index in [4.69, 9.17) is 23.2 Å². The standard InChI is InChI=1S/C20H21Cl2N3O2S/c1-14(26)24-9-4-10-25(12-11-24)20(27)18-8-2-5-15(23-18)13-28-19-16(21)6-3-7-17(19)22/h2-3,5-8H,4,9-13H2,1H3. The number of amides is 2. The highest BCUT2D eigenvalue weighted by Crippen LogP contribution is 2.35. The van der Waals surface area contributed by atoms with Crippen LogP contribution in [-0.2, 0) is 10.5 Å². The fourth-order valence-electron chi connectivity index (χ4n) is 3.04. The van der Waals surface area contributed by atoms with E-state index in [-0.39, 0.29) is 11.8 Å². The summed E-state index contributed by atoms with van der Waals surface area (Å²) in [6.07, 6.45) is 0.770. The number of halogens is 2. The van der Waals surface area contributed by atoms with Crippen LogP contribution in [0, 0.1) is 0 Å². The highest BCUT2D eigenvalue weighted by atomic mass is 35.5. The molecule has 0 atom stereocenters. The predicted molar refractivity (Wildman–Crippen MR) is 113 cm³/mol. The molecule has 0 bridgehead atoms. The van der Waals surface area contributed by atoms with Gasteiger partial charge in [0.2, 0.25) is 5.91 Å². The second-order valence-corrected chi connectivity index (χ2v) is 8.31. The molecule has 0 spiro atoms. The van der Waals surface area contributed by atoms with Crippen LogP contribution < -0.4 is 0 Å². The van der Waals surface area contributed by atoms with Crippen LogP contribution >= 0.6 is 35.0 Å². The van der Waals surface area contributed by atoms with Gasteiger partial charge in [0.15, 0.2) is 0 Å². The Morgan fingerprint density at radius 1 is 1.00 bits per heavy atom. The smallest absolute Gasteiger partial charge is 0.272 e. The monoisotopic (exact) mass is 437 g/mol. The first-order valence-corrected chi connectivity index (χ1v) is 10.8. The van der Waals surface area contributed by atoms with Gasteiger partial charge in [-0.05, 0) is 30.7 Å². The van der Waals surface area contributed by atoms with E-state index >= 15 is 0 Å². The van der Waals surface area contributed by atoms with Crippen LogP contribution in [0.4, 0.5) is 0 Å². The zero-order chi connectivity index (χ0) is 20.1. The van der Waals surface area contributed by atoms with E-state index in [1.165, 1.54) is 11.8 Å². The molecule has 0 unspecified atom stereocenters.